The fourth-order valence-electron chi connectivity index (χ4n) is 3.85. The van der Waals surface area contributed by atoms with E-state index in [1.807, 2.05) is 11.4 Å². The van der Waals surface area contributed by atoms with Crippen LogP contribution < -0.4 is 11.0 Å². The first kappa shape index (κ1) is 23.3. The van der Waals surface area contributed by atoms with E-state index >= 15 is 0 Å². The van der Waals surface area contributed by atoms with Crippen LogP contribution in [0.15, 0.2) is 46.6 Å². The van der Waals surface area contributed by atoms with Crippen molar-refractivity contribution in [3.63, 3.8) is 0 Å². The lowest BCUT2D eigenvalue weighted by Crippen LogP contribution is -2.39. The Morgan fingerprint density at radius 3 is 2.70 bits per heavy atom. The second-order valence-electron chi connectivity index (χ2n) is 7.95. The number of nitrogens with one attached hydrogen (secondary N) is 1. The van der Waals surface area contributed by atoms with Gasteiger partial charge in [0.15, 0.2) is 0 Å². The van der Waals surface area contributed by atoms with Crippen molar-refractivity contribution in [2.24, 2.45) is 0 Å². The Bertz CT molecular complexity index is 1280. The number of thiophene rings is 1. The minimum Gasteiger partial charge on any atom is -0.350 e. The van der Waals surface area contributed by atoms with Crippen molar-refractivity contribution in [1.82, 2.24) is 24.0 Å². The van der Waals surface area contributed by atoms with Crippen LogP contribution >= 0.6 is 11.3 Å². The van der Waals surface area contributed by atoms with E-state index in [4.69, 9.17) is 0 Å². The molecule has 33 heavy (non-hydrogen) atoms. The molecule has 3 heterocycles. The maximum Gasteiger partial charge on any atom is 0.351 e. The van der Waals surface area contributed by atoms with Gasteiger partial charge in [0.1, 0.15) is 23.2 Å². The van der Waals surface area contributed by atoms with E-state index in [1.54, 1.807) is 18.2 Å². The lowest BCUT2D eigenvalue weighted by molar-refractivity contribution is -0.122. The number of rotatable bonds is 7. The fourth-order valence-corrected chi connectivity index (χ4v) is 5.49. The molecule has 176 valence electrons. The summed E-state index contributed by atoms with van der Waals surface area (Å²) in [6.45, 7) is 0.578. The third-order valence-electron chi connectivity index (χ3n) is 5.51. The van der Waals surface area contributed by atoms with Crippen molar-refractivity contribution in [3.05, 3.63) is 69.5 Å². The molecule has 0 saturated carbocycles. The van der Waals surface area contributed by atoms with Crippen LogP contribution in [-0.2, 0) is 27.9 Å². The van der Waals surface area contributed by atoms with Crippen molar-refractivity contribution in [2.45, 2.75) is 31.8 Å². The van der Waals surface area contributed by atoms with Gasteiger partial charge in [-0.25, -0.2) is 31.2 Å². The van der Waals surface area contributed by atoms with Crippen molar-refractivity contribution in [1.29, 1.82) is 0 Å². The number of carbonyl (C=O) groups is 1. The molecule has 1 N–H and O–H groups in total. The lowest BCUT2D eigenvalue weighted by Gasteiger charge is -2.30. The summed E-state index contributed by atoms with van der Waals surface area (Å²) in [4.78, 5) is 25.7. The number of hydrogen-bond acceptors (Lipinski definition) is 6. The van der Waals surface area contributed by atoms with Crippen LogP contribution in [0.3, 0.4) is 0 Å². The highest BCUT2D eigenvalue weighted by Crippen LogP contribution is 2.28. The zero-order valence-corrected chi connectivity index (χ0v) is 19.6. The molecule has 1 amide bonds. The van der Waals surface area contributed by atoms with E-state index in [9.17, 15) is 22.4 Å². The molecule has 1 aliphatic rings. The van der Waals surface area contributed by atoms with E-state index in [0.29, 0.717) is 30.2 Å². The van der Waals surface area contributed by atoms with Crippen molar-refractivity contribution in [3.8, 4) is 5.00 Å². The zero-order valence-electron chi connectivity index (χ0n) is 18.0. The third kappa shape index (κ3) is 5.40. The first-order chi connectivity index (χ1) is 15.7. The summed E-state index contributed by atoms with van der Waals surface area (Å²) in [6.07, 6.45) is 2.51. The second kappa shape index (κ2) is 9.57. The number of nitrogens with zero attached hydrogens (tertiary/aromatic N) is 4. The van der Waals surface area contributed by atoms with Gasteiger partial charge in [-0.3, -0.25) is 4.79 Å². The number of hydrogen-bond donors (Lipinski definition) is 1. The highest BCUT2D eigenvalue weighted by atomic mass is 32.2. The van der Waals surface area contributed by atoms with E-state index in [2.05, 4.69) is 10.4 Å². The molecule has 0 bridgehead atoms. The molecule has 0 spiro atoms. The number of benzene rings is 1. The highest BCUT2D eigenvalue weighted by molar-refractivity contribution is 7.88. The van der Waals surface area contributed by atoms with Crippen LogP contribution in [0.2, 0.25) is 0 Å². The van der Waals surface area contributed by atoms with Gasteiger partial charge in [-0.05, 0) is 48.1 Å². The van der Waals surface area contributed by atoms with Gasteiger partial charge in [-0.2, -0.15) is 5.10 Å². The molecule has 3 aromatic rings. The Morgan fingerprint density at radius 1 is 1.27 bits per heavy atom. The second-order valence-corrected chi connectivity index (χ2v) is 10.9. The molecule has 0 aliphatic carbocycles. The summed E-state index contributed by atoms with van der Waals surface area (Å²) in [5, 5.41) is 9.66. The molecule has 2 aromatic heterocycles. The summed E-state index contributed by atoms with van der Waals surface area (Å²) < 4.78 is 41.1. The van der Waals surface area contributed by atoms with Crippen molar-refractivity contribution < 1.29 is 17.6 Å². The quantitative estimate of drug-likeness (QED) is 0.539. The summed E-state index contributed by atoms with van der Waals surface area (Å²) in [7, 11) is -3.37. The summed E-state index contributed by atoms with van der Waals surface area (Å²) in [5.74, 6) is -0.598. The van der Waals surface area contributed by atoms with Gasteiger partial charge < -0.3 is 5.32 Å². The molecule has 9 nitrogen and oxygen atoms in total. The Morgan fingerprint density at radius 2 is 2.03 bits per heavy atom. The number of sulfonamides is 1. The van der Waals surface area contributed by atoms with Crippen LogP contribution in [-0.4, -0.2) is 52.3 Å². The molecule has 4 rings (SSSR count). The summed E-state index contributed by atoms with van der Waals surface area (Å²) in [6, 6.07) is 9.36. The smallest absolute Gasteiger partial charge is 0.350 e. The molecule has 12 heteroatoms. The zero-order chi connectivity index (χ0) is 23.6. The predicted molar refractivity (Wildman–Crippen MR) is 122 cm³/mol. The van der Waals surface area contributed by atoms with E-state index in [-0.39, 0.29) is 31.4 Å². The summed E-state index contributed by atoms with van der Waals surface area (Å²) in [5.41, 5.74) is 0.269. The van der Waals surface area contributed by atoms with Gasteiger partial charge in [0, 0.05) is 25.6 Å². The Balaban J connectivity index is 1.57. The molecule has 1 atom stereocenters. The van der Waals surface area contributed by atoms with Crippen LogP contribution in [0.1, 0.15) is 30.1 Å². The molecule has 1 saturated heterocycles. The van der Waals surface area contributed by atoms with E-state index in [0.717, 1.165) is 10.2 Å². The van der Waals surface area contributed by atoms with Gasteiger partial charge in [0.25, 0.3) is 0 Å². The Labute approximate surface area is 194 Å². The van der Waals surface area contributed by atoms with Gasteiger partial charge in [0.05, 0.1) is 6.26 Å². The van der Waals surface area contributed by atoms with Gasteiger partial charge in [0.2, 0.25) is 15.9 Å². The van der Waals surface area contributed by atoms with Crippen LogP contribution in [0, 0.1) is 5.82 Å². The first-order valence-electron chi connectivity index (χ1n) is 10.4. The minimum absolute atomic E-state index is 0.193. The average molecular weight is 494 g/mol. The largest absolute Gasteiger partial charge is 0.351 e. The van der Waals surface area contributed by atoms with Gasteiger partial charge in [-0.15, -0.1) is 11.3 Å². The van der Waals surface area contributed by atoms with E-state index in [1.165, 1.54) is 38.6 Å². The molecular formula is C21H24FN5O4S2. The number of piperidine rings is 1. The number of amides is 1. The topological polar surface area (TPSA) is 106 Å². The monoisotopic (exact) mass is 493 g/mol. The highest BCUT2D eigenvalue weighted by Gasteiger charge is 2.32. The molecule has 1 unspecified atom stereocenters. The SMILES string of the molecule is CS(=O)(=O)N1CCCC(c2nn(CC(=O)NCc3ccc(F)cc3)c(=O)n2-c2cccs2)C1. The third-order valence-corrected chi connectivity index (χ3v) is 7.63. The molecular weight excluding hydrogens is 469 g/mol. The lowest BCUT2D eigenvalue weighted by atomic mass is 9.99. The average Bonchev–Trinajstić information content (AvgIpc) is 3.41. The first-order valence-corrected chi connectivity index (χ1v) is 13.1. The van der Waals surface area contributed by atoms with Crippen molar-refractivity contribution in [2.75, 3.05) is 19.3 Å². The molecule has 1 aromatic carbocycles. The number of halogens is 1. The van der Waals surface area contributed by atoms with Gasteiger partial charge in [-0.1, -0.05) is 12.1 Å². The van der Waals surface area contributed by atoms with Crippen LogP contribution in [0.5, 0.6) is 0 Å². The maximum absolute atomic E-state index is 13.2. The normalized spacial score (nSPS) is 17.2. The number of aromatic nitrogens is 3. The Kier molecular flexibility index (Phi) is 6.77. The standard InChI is InChI=1S/C21H24FN5O4S2/c1-33(30,31)25-10-2-4-16(13-25)20-24-26(21(29)27(20)19-5-3-11-32-19)14-18(28)23-12-15-6-8-17(22)9-7-15/h3,5-9,11,16H,2,4,10,12-14H2,1H3,(H,23,28). The fraction of sp³-hybridized carbons (Fsp3) is 0.381. The van der Waals surface area contributed by atoms with Crippen LogP contribution in [0.25, 0.3) is 5.00 Å². The molecule has 1 fully saturated rings. The Hall–Kier alpha value is -2.83. The number of carbonyl (C=O) groups excluding carboxylic acids is 1. The van der Waals surface area contributed by atoms with Crippen LogP contribution in [0.4, 0.5) is 4.39 Å². The predicted octanol–water partition coefficient (Wildman–Crippen LogP) is 1.69. The molecule has 0 radical (unpaired) electrons. The van der Waals surface area contributed by atoms with E-state index < -0.39 is 21.6 Å². The van der Waals surface area contributed by atoms with Gasteiger partial charge >= 0.3 is 5.69 Å². The minimum atomic E-state index is -3.37. The molecule has 1 aliphatic heterocycles. The summed E-state index contributed by atoms with van der Waals surface area (Å²) >= 11 is 1.36. The maximum atomic E-state index is 13.2. The van der Waals surface area contributed by atoms with Crippen molar-refractivity contribution >= 4 is 27.3 Å².